The van der Waals surface area contributed by atoms with Crippen LogP contribution in [0.5, 0.6) is 0 Å². The molecule has 3 N–H and O–H groups in total. The van der Waals surface area contributed by atoms with E-state index in [0.717, 1.165) is 114 Å². The van der Waals surface area contributed by atoms with Gasteiger partial charge in [-0.25, -0.2) is 9.13 Å². The first-order valence-electron chi connectivity index (χ1n) is 35.7. The second-order valence-electron chi connectivity index (χ2n) is 26.6. The minimum absolute atomic E-state index is 0.104. The van der Waals surface area contributed by atoms with Crippen LogP contribution in [0, 0.1) is 23.7 Å². The number of carbonyl (C=O) groups excluding carboxylic acids is 4. The van der Waals surface area contributed by atoms with Crippen molar-refractivity contribution < 1.29 is 80.2 Å². The van der Waals surface area contributed by atoms with E-state index in [-0.39, 0.29) is 25.7 Å². The molecule has 0 aliphatic rings. The minimum Gasteiger partial charge on any atom is -0.462 e. The molecule has 0 radical (unpaired) electrons. The zero-order chi connectivity index (χ0) is 65.4. The van der Waals surface area contributed by atoms with Gasteiger partial charge in [0.15, 0.2) is 12.2 Å². The number of rotatable bonds is 66. The van der Waals surface area contributed by atoms with Crippen LogP contribution in [0.25, 0.3) is 0 Å². The molecule has 0 aromatic carbocycles. The van der Waals surface area contributed by atoms with Crippen LogP contribution in [-0.2, 0) is 65.4 Å². The molecular weight excluding hydrogens is 1160 g/mol. The Morgan fingerprint density at radius 3 is 0.807 bits per heavy atom. The SMILES string of the molecule is CCC(C)CCCCCCCCCCC(=O)O[C@H](COC(=O)CCCCCCCCCCCC(C)C)COP(=O)(O)OCC(O)COP(=O)(O)OC[C@@H](COC(=O)CCCCCCCCCCC(C)C)OC(=O)CCCCCCCCCCCCC(C)C. The van der Waals surface area contributed by atoms with E-state index in [1.807, 2.05) is 0 Å². The normalized spacial score (nSPS) is 14.6. The van der Waals surface area contributed by atoms with Crippen LogP contribution in [0.3, 0.4) is 0 Å². The van der Waals surface area contributed by atoms with Gasteiger partial charge < -0.3 is 33.8 Å². The zero-order valence-corrected chi connectivity index (χ0v) is 59.1. The highest BCUT2D eigenvalue weighted by molar-refractivity contribution is 7.47. The first kappa shape index (κ1) is 86.1. The number of carbonyl (C=O) groups is 4. The fraction of sp³-hybridized carbons (Fsp3) is 0.942. The number of unbranched alkanes of at least 4 members (excludes halogenated alkanes) is 31. The molecule has 0 aromatic heterocycles. The highest BCUT2D eigenvalue weighted by atomic mass is 31.2. The molecule has 0 bridgehead atoms. The molecule has 88 heavy (non-hydrogen) atoms. The fourth-order valence-corrected chi connectivity index (χ4v) is 11.9. The predicted octanol–water partition coefficient (Wildman–Crippen LogP) is 19.3. The molecule has 6 atom stereocenters. The van der Waals surface area contributed by atoms with Crippen LogP contribution in [0.2, 0.25) is 0 Å². The molecule has 0 aromatic rings. The predicted molar refractivity (Wildman–Crippen MR) is 354 cm³/mol. The van der Waals surface area contributed by atoms with Crippen molar-refractivity contribution in [3.8, 4) is 0 Å². The van der Waals surface area contributed by atoms with E-state index in [1.54, 1.807) is 0 Å². The molecule has 19 heteroatoms. The van der Waals surface area contributed by atoms with Gasteiger partial charge in [-0.2, -0.15) is 0 Å². The van der Waals surface area contributed by atoms with Crippen molar-refractivity contribution in [3.05, 3.63) is 0 Å². The number of phosphoric acid groups is 2. The van der Waals surface area contributed by atoms with Crippen molar-refractivity contribution in [2.45, 2.75) is 356 Å². The standard InChI is InChI=1S/C69H134O17P2/c1-9-62(8)48-40-32-24-18-20-28-36-44-52-69(74)86-65(55-79-66(71)49-41-33-25-16-12-14-22-30-38-46-60(4)5)58-84-88(77,78)82-54-63(70)53-81-87(75,76)83-57-64(56-80-67(72)50-42-34-26-19-17-23-31-39-47-61(6)7)85-68(73)51-43-35-27-15-11-10-13-21-29-37-45-59(2)3/h59-65,70H,9-58H2,1-8H3,(H,75,76)(H,77,78)/t62?,63?,64-,65-/m1/s1. The Morgan fingerprint density at radius 1 is 0.318 bits per heavy atom. The zero-order valence-electron chi connectivity index (χ0n) is 57.3. The Balaban J connectivity index is 5.27. The summed E-state index contributed by atoms with van der Waals surface area (Å²) in [5.41, 5.74) is 0. The first-order valence-corrected chi connectivity index (χ1v) is 38.7. The van der Waals surface area contributed by atoms with Gasteiger partial charge in [0.25, 0.3) is 0 Å². The maximum atomic E-state index is 13.0. The van der Waals surface area contributed by atoms with E-state index in [4.69, 9.17) is 37.0 Å². The van der Waals surface area contributed by atoms with Crippen LogP contribution in [0.15, 0.2) is 0 Å². The molecule has 0 amide bonds. The maximum absolute atomic E-state index is 13.0. The molecule has 17 nitrogen and oxygen atoms in total. The Labute approximate surface area is 537 Å². The largest absolute Gasteiger partial charge is 0.472 e. The minimum atomic E-state index is -4.95. The topological polar surface area (TPSA) is 237 Å². The monoisotopic (exact) mass is 1300 g/mol. The molecule has 0 fully saturated rings. The van der Waals surface area contributed by atoms with Crippen molar-refractivity contribution in [1.29, 1.82) is 0 Å². The third-order valence-corrected chi connectivity index (χ3v) is 18.1. The van der Waals surface area contributed by atoms with Crippen LogP contribution in [0.4, 0.5) is 0 Å². The van der Waals surface area contributed by atoms with E-state index < -0.39 is 97.5 Å². The molecule has 0 aliphatic heterocycles. The van der Waals surface area contributed by atoms with Crippen LogP contribution >= 0.6 is 15.6 Å². The van der Waals surface area contributed by atoms with Gasteiger partial charge in [0, 0.05) is 25.7 Å². The summed E-state index contributed by atoms with van der Waals surface area (Å²) in [6.45, 7) is 14.1. The number of aliphatic hydroxyl groups is 1. The molecule has 0 aliphatic carbocycles. The lowest BCUT2D eigenvalue weighted by Crippen LogP contribution is -2.30. The molecule has 0 heterocycles. The molecule has 522 valence electrons. The maximum Gasteiger partial charge on any atom is 0.472 e. The Morgan fingerprint density at radius 2 is 0.545 bits per heavy atom. The lowest BCUT2D eigenvalue weighted by Gasteiger charge is -2.21. The fourth-order valence-electron chi connectivity index (χ4n) is 10.3. The lowest BCUT2D eigenvalue weighted by molar-refractivity contribution is -0.161. The number of hydrogen-bond donors (Lipinski definition) is 3. The summed E-state index contributed by atoms with van der Waals surface area (Å²) < 4.78 is 68.2. The molecule has 0 saturated carbocycles. The van der Waals surface area contributed by atoms with Crippen molar-refractivity contribution in [2.75, 3.05) is 39.6 Å². The van der Waals surface area contributed by atoms with Gasteiger partial charge in [-0.1, -0.05) is 287 Å². The number of aliphatic hydroxyl groups excluding tert-OH is 1. The summed E-state index contributed by atoms with van der Waals surface area (Å²) in [6, 6.07) is 0. The number of phosphoric ester groups is 2. The van der Waals surface area contributed by atoms with Crippen molar-refractivity contribution in [1.82, 2.24) is 0 Å². The Hall–Kier alpha value is -1.94. The van der Waals surface area contributed by atoms with Gasteiger partial charge in [-0.15, -0.1) is 0 Å². The van der Waals surface area contributed by atoms with E-state index >= 15 is 0 Å². The Kier molecular flexibility index (Phi) is 57.6. The van der Waals surface area contributed by atoms with Gasteiger partial charge in [0.1, 0.15) is 19.3 Å². The molecule has 4 unspecified atom stereocenters. The van der Waals surface area contributed by atoms with Gasteiger partial charge >= 0.3 is 39.5 Å². The van der Waals surface area contributed by atoms with Crippen LogP contribution < -0.4 is 0 Å². The average Bonchev–Trinajstić information content (AvgIpc) is 3.54. The number of esters is 4. The second-order valence-corrected chi connectivity index (χ2v) is 29.5. The highest BCUT2D eigenvalue weighted by Crippen LogP contribution is 2.45. The highest BCUT2D eigenvalue weighted by Gasteiger charge is 2.30. The summed E-state index contributed by atoms with van der Waals surface area (Å²) >= 11 is 0. The second kappa shape index (κ2) is 58.8. The van der Waals surface area contributed by atoms with Gasteiger partial charge in [0.2, 0.25) is 0 Å². The molecule has 0 saturated heterocycles. The van der Waals surface area contributed by atoms with Crippen molar-refractivity contribution in [3.63, 3.8) is 0 Å². The van der Waals surface area contributed by atoms with Crippen molar-refractivity contribution >= 4 is 39.5 Å². The smallest absolute Gasteiger partial charge is 0.462 e. The lowest BCUT2D eigenvalue weighted by atomic mass is 9.99. The Bertz CT molecular complexity index is 1750. The van der Waals surface area contributed by atoms with Crippen LogP contribution in [-0.4, -0.2) is 96.7 Å². The molecular formula is C69H134O17P2. The third kappa shape index (κ3) is 61.6. The van der Waals surface area contributed by atoms with Gasteiger partial charge in [0.05, 0.1) is 26.4 Å². The average molecular weight is 1300 g/mol. The summed E-state index contributed by atoms with van der Waals surface area (Å²) in [5, 5.41) is 10.6. The van der Waals surface area contributed by atoms with Gasteiger partial charge in [-0.05, 0) is 49.4 Å². The van der Waals surface area contributed by atoms with Gasteiger partial charge in [-0.3, -0.25) is 37.3 Å². The number of hydrogen-bond acceptors (Lipinski definition) is 15. The van der Waals surface area contributed by atoms with Crippen LogP contribution in [0.1, 0.15) is 338 Å². The summed E-state index contributed by atoms with van der Waals surface area (Å²) in [5.74, 6) is 0.859. The quantitative estimate of drug-likeness (QED) is 0.0222. The van der Waals surface area contributed by atoms with Crippen molar-refractivity contribution in [2.24, 2.45) is 23.7 Å². The summed E-state index contributed by atoms with van der Waals surface area (Å²) in [7, 11) is -9.90. The summed E-state index contributed by atoms with van der Waals surface area (Å²) in [4.78, 5) is 72.5. The van der Waals surface area contributed by atoms with E-state index in [0.29, 0.717) is 25.7 Å². The first-order chi connectivity index (χ1) is 42.1. The van der Waals surface area contributed by atoms with E-state index in [2.05, 4.69) is 55.4 Å². The van der Waals surface area contributed by atoms with E-state index in [1.165, 1.54) is 141 Å². The van der Waals surface area contributed by atoms with E-state index in [9.17, 15) is 43.2 Å². The third-order valence-electron chi connectivity index (χ3n) is 16.2. The molecule has 0 rings (SSSR count). The summed E-state index contributed by atoms with van der Waals surface area (Å²) in [6.07, 6.45) is 40.3. The number of ether oxygens (including phenoxy) is 4. The molecule has 0 spiro atoms.